The molecule has 0 aromatic carbocycles. The number of likely N-dealkylation sites (N-methyl/N-ethyl adjacent to an activating group) is 1. The number of hydrogen-bond donors (Lipinski definition) is 2. The average Bonchev–Trinajstić information content (AvgIpc) is 3.01. The molecule has 2 N–H and O–H groups in total. The first kappa shape index (κ1) is 13.8. The summed E-state index contributed by atoms with van der Waals surface area (Å²) in [4.78, 5) is 14.1. The van der Waals surface area contributed by atoms with Crippen LogP contribution >= 0.6 is 0 Å². The van der Waals surface area contributed by atoms with Crippen molar-refractivity contribution in [2.75, 3.05) is 20.6 Å². The first-order valence-electron chi connectivity index (χ1n) is 7.16. The molecule has 2 fully saturated rings. The molecule has 1 unspecified atom stereocenters. The summed E-state index contributed by atoms with van der Waals surface area (Å²) in [6.07, 6.45) is 6.49. The highest BCUT2D eigenvalue weighted by Crippen LogP contribution is 2.34. The summed E-state index contributed by atoms with van der Waals surface area (Å²) in [7, 11) is 4.14. The van der Waals surface area contributed by atoms with Gasteiger partial charge in [-0.15, -0.1) is 0 Å². The van der Waals surface area contributed by atoms with E-state index in [2.05, 4.69) is 24.3 Å². The smallest absolute Gasteiger partial charge is 0.222 e. The van der Waals surface area contributed by atoms with Crippen LogP contribution in [-0.4, -0.2) is 48.2 Å². The molecule has 104 valence electrons. The van der Waals surface area contributed by atoms with Crippen molar-refractivity contribution in [2.24, 2.45) is 5.92 Å². The molecule has 4 heteroatoms. The van der Waals surface area contributed by atoms with Crippen LogP contribution in [0.1, 0.15) is 44.9 Å². The molecule has 0 aliphatic heterocycles. The van der Waals surface area contributed by atoms with Crippen LogP contribution in [0.2, 0.25) is 0 Å². The van der Waals surface area contributed by atoms with E-state index in [1.807, 2.05) is 0 Å². The van der Waals surface area contributed by atoms with E-state index in [4.69, 9.17) is 0 Å². The maximum absolute atomic E-state index is 11.9. The fourth-order valence-corrected chi connectivity index (χ4v) is 3.04. The Morgan fingerprint density at radius 2 is 2.00 bits per heavy atom. The van der Waals surface area contributed by atoms with E-state index in [0.29, 0.717) is 12.6 Å². The van der Waals surface area contributed by atoms with E-state index in [1.54, 1.807) is 0 Å². The van der Waals surface area contributed by atoms with Gasteiger partial charge in [-0.25, -0.2) is 0 Å². The molecule has 0 saturated heterocycles. The second-order valence-corrected chi connectivity index (χ2v) is 6.28. The van der Waals surface area contributed by atoms with E-state index in [9.17, 15) is 9.90 Å². The van der Waals surface area contributed by atoms with Gasteiger partial charge in [-0.1, -0.05) is 12.8 Å². The number of carbonyl (C=O) groups is 1. The number of aliphatic hydroxyl groups is 1. The SMILES string of the molecule is CN(C)C(CNC(=O)CC1(O)CCCC1)C1CC1. The van der Waals surface area contributed by atoms with E-state index in [-0.39, 0.29) is 12.3 Å². The van der Waals surface area contributed by atoms with Crippen molar-refractivity contribution < 1.29 is 9.90 Å². The predicted octanol–water partition coefficient (Wildman–Crippen LogP) is 1.14. The molecule has 0 heterocycles. The van der Waals surface area contributed by atoms with Gasteiger partial charge in [0.05, 0.1) is 12.0 Å². The predicted molar refractivity (Wildman–Crippen MR) is 71.2 cm³/mol. The Hall–Kier alpha value is -0.610. The molecule has 0 bridgehead atoms. The third-order valence-corrected chi connectivity index (χ3v) is 4.36. The lowest BCUT2D eigenvalue weighted by molar-refractivity contribution is -0.126. The monoisotopic (exact) mass is 254 g/mol. The molecule has 18 heavy (non-hydrogen) atoms. The maximum atomic E-state index is 11.9. The van der Waals surface area contributed by atoms with Gasteiger partial charge < -0.3 is 15.3 Å². The van der Waals surface area contributed by atoms with Crippen LogP contribution in [0, 0.1) is 5.92 Å². The zero-order valence-corrected chi connectivity index (χ0v) is 11.6. The molecule has 2 aliphatic carbocycles. The largest absolute Gasteiger partial charge is 0.389 e. The molecule has 1 amide bonds. The second-order valence-electron chi connectivity index (χ2n) is 6.28. The number of hydrogen-bond acceptors (Lipinski definition) is 3. The average molecular weight is 254 g/mol. The lowest BCUT2D eigenvalue weighted by Gasteiger charge is -2.26. The highest BCUT2D eigenvalue weighted by molar-refractivity contribution is 5.77. The molecular formula is C14H26N2O2. The van der Waals surface area contributed by atoms with Crippen LogP contribution < -0.4 is 5.32 Å². The van der Waals surface area contributed by atoms with Crippen molar-refractivity contribution in [1.29, 1.82) is 0 Å². The topological polar surface area (TPSA) is 52.6 Å². The van der Waals surface area contributed by atoms with Crippen molar-refractivity contribution in [3.8, 4) is 0 Å². The lowest BCUT2D eigenvalue weighted by atomic mass is 9.97. The highest BCUT2D eigenvalue weighted by Gasteiger charge is 2.35. The van der Waals surface area contributed by atoms with Gasteiger partial charge in [-0.05, 0) is 45.7 Å². The molecule has 0 aromatic rings. The minimum Gasteiger partial charge on any atom is -0.389 e. The zero-order chi connectivity index (χ0) is 13.2. The summed E-state index contributed by atoms with van der Waals surface area (Å²) >= 11 is 0. The molecule has 0 radical (unpaired) electrons. The second kappa shape index (κ2) is 5.57. The molecule has 2 saturated carbocycles. The Morgan fingerprint density at radius 3 is 2.50 bits per heavy atom. The summed E-state index contributed by atoms with van der Waals surface area (Å²) in [6.45, 7) is 0.715. The van der Waals surface area contributed by atoms with Crippen LogP contribution in [0.3, 0.4) is 0 Å². The van der Waals surface area contributed by atoms with Crippen LogP contribution in [0.4, 0.5) is 0 Å². The van der Waals surface area contributed by atoms with Crippen LogP contribution in [-0.2, 0) is 4.79 Å². The Kier molecular flexibility index (Phi) is 4.28. The minimum atomic E-state index is -0.725. The maximum Gasteiger partial charge on any atom is 0.222 e. The number of rotatable bonds is 6. The summed E-state index contributed by atoms with van der Waals surface area (Å²) in [5, 5.41) is 13.2. The zero-order valence-electron chi connectivity index (χ0n) is 11.6. The van der Waals surface area contributed by atoms with Gasteiger partial charge in [0.25, 0.3) is 0 Å². The molecule has 2 rings (SSSR count). The third-order valence-electron chi connectivity index (χ3n) is 4.36. The van der Waals surface area contributed by atoms with Gasteiger partial charge in [0.15, 0.2) is 0 Å². The van der Waals surface area contributed by atoms with Crippen LogP contribution in [0.25, 0.3) is 0 Å². The van der Waals surface area contributed by atoms with Gasteiger partial charge in [0.2, 0.25) is 5.91 Å². The minimum absolute atomic E-state index is 0.00639. The lowest BCUT2D eigenvalue weighted by Crippen LogP contribution is -2.43. The molecule has 2 aliphatic rings. The summed E-state index contributed by atoms with van der Waals surface area (Å²) < 4.78 is 0. The first-order valence-corrected chi connectivity index (χ1v) is 7.16. The molecule has 4 nitrogen and oxygen atoms in total. The first-order chi connectivity index (χ1) is 8.50. The quantitative estimate of drug-likeness (QED) is 0.747. The highest BCUT2D eigenvalue weighted by atomic mass is 16.3. The van der Waals surface area contributed by atoms with E-state index in [0.717, 1.165) is 31.6 Å². The van der Waals surface area contributed by atoms with Crippen molar-refractivity contribution in [2.45, 2.75) is 56.6 Å². The van der Waals surface area contributed by atoms with Crippen molar-refractivity contribution in [1.82, 2.24) is 10.2 Å². The van der Waals surface area contributed by atoms with Gasteiger partial charge in [0.1, 0.15) is 0 Å². The Labute approximate surface area is 110 Å². The van der Waals surface area contributed by atoms with Crippen molar-refractivity contribution >= 4 is 5.91 Å². The third kappa shape index (κ3) is 3.69. The Bertz CT molecular complexity index is 292. The van der Waals surface area contributed by atoms with E-state index >= 15 is 0 Å². The number of carbonyl (C=O) groups excluding carboxylic acids is 1. The fraction of sp³-hybridized carbons (Fsp3) is 0.929. The molecular weight excluding hydrogens is 228 g/mol. The van der Waals surface area contributed by atoms with Gasteiger partial charge in [-0.3, -0.25) is 4.79 Å². The van der Waals surface area contributed by atoms with Crippen molar-refractivity contribution in [3.05, 3.63) is 0 Å². The summed E-state index contributed by atoms with van der Waals surface area (Å²) in [5.74, 6) is 0.752. The van der Waals surface area contributed by atoms with Crippen molar-refractivity contribution in [3.63, 3.8) is 0 Å². The number of nitrogens with zero attached hydrogens (tertiary/aromatic N) is 1. The van der Waals surface area contributed by atoms with Crippen LogP contribution in [0.15, 0.2) is 0 Å². The normalized spacial score (nSPS) is 24.2. The molecule has 1 atom stereocenters. The van der Waals surface area contributed by atoms with E-state index < -0.39 is 5.60 Å². The van der Waals surface area contributed by atoms with Gasteiger partial charge in [0, 0.05) is 12.6 Å². The van der Waals surface area contributed by atoms with E-state index in [1.165, 1.54) is 12.8 Å². The Morgan fingerprint density at radius 1 is 1.39 bits per heavy atom. The summed E-state index contributed by atoms with van der Waals surface area (Å²) in [5.41, 5.74) is -0.725. The van der Waals surface area contributed by atoms with Gasteiger partial charge in [-0.2, -0.15) is 0 Å². The molecule has 0 spiro atoms. The number of amides is 1. The Balaban J connectivity index is 1.73. The number of nitrogens with one attached hydrogen (secondary N) is 1. The summed E-state index contributed by atoms with van der Waals surface area (Å²) in [6, 6.07) is 0.451. The van der Waals surface area contributed by atoms with Crippen LogP contribution in [0.5, 0.6) is 0 Å². The fourth-order valence-electron chi connectivity index (χ4n) is 3.04. The molecule has 0 aromatic heterocycles. The van der Waals surface area contributed by atoms with Gasteiger partial charge >= 0.3 is 0 Å². The standard InChI is InChI=1S/C14H26N2O2/c1-16(2)12(11-5-6-11)10-15-13(17)9-14(18)7-3-4-8-14/h11-12,18H,3-10H2,1-2H3,(H,15,17).